The maximum absolute atomic E-state index is 5.88. The van der Waals surface area contributed by atoms with Gasteiger partial charge in [-0.3, -0.25) is 0 Å². The Morgan fingerprint density at radius 1 is 0.400 bits per heavy atom. The Kier molecular flexibility index (Phi) is 21.3. The van der Waals surface area contributed by atoms with Crippen LogP contribution in [-0.4, -0.2) is 11.8 Å². The molecule has 0 saturated heterocycles. The molecule has 0 aromatic carbocycles. The van der Waals surface area contributed by atoms with E-state index in [0.717, 1.165) is 18.2 Å². The zero-order valence-corrected chi connectivity index (χ0v) is 20.4. The van der Waals surface area contributed by atoms with Crippen molar-refractivity contribution in [2.75, 3.05) is 5.75 Å². The molecule has 0 aliphatic rings. The lowest BCUT2D eigenvalue weighted by atomic mass is 10.0. The molecule has 0 spiro atoms. The van der Waals surface area contributed by atoms with Crippen molar-refractivity contribution in [3.05, 3.63) is 0 Å². The van der Waals surface area contributed by atoms with E-state index >= 15 is 0 Å². The van der Waals surface area contributed by atoms with Crippen LogP contribution in [0.25, 0.3) is 0 Å². The molecule has 0 nitrogen and oxygen atoms in total. The normalized spacial score (nSPS) is 12.0. The second kappa shape index (κ2) is 20.2. The van der Waals surface area contributed by atoms with Gasteiger partial charge in [0.05, 0.1) is 0 Å². The predicted octanol–water partition coefficient (Wildman–Crippen LogP) is 9.59. The van der Waals surface area contributed by atoms with Gasteiger partial charge in [0.25, 0.3) is 0 Å². The first kappa shape index (κ1) is 26.4. The molecule has 0 saturated carbocycles. The minimum Gasteiger partial charge on any atom is -0.179 e. The van der Waals surface area contributed by atoms with Crippen LogP contribution in [0, 0.1) is 0 Å². The second-order valence-corrected chi connectivity index (χ2v) is 17.2. The van der Waals surface area contributed by atoms with E-state index in [4.69, 9.17) is 33.2 Å². The highest BCUT2D eigenvalue weighted by molar-refractivity contribution is 7.80. The second-order valence-electron chi connectivity index (χ2n) is 7.45. The summed E-state index contributed by atoms with van der Waals surface area (Å²) in [6.45, 7) is 0. The third kappa shape index (κ3) is 25.4. The van der Waals surface area contributed by atoms with E-state index in [2.05, 4.69) is 12.6 Å². The summed E-state index contributed by atoms with van der Waals surface area (Å²) in [6, 6.07) is -1.53. The average molecular weight is 448 g/mol. The van der Waals surface area contributed by atoms with E-state index in [1.165, 1.54) is 109 Å². The van der Waals surface area contributed by atoms with Crippen molar-refractivity contribution in [3.8, 4) is 0 Å². The molecule has 0 aromatic rings. The number of thiol groups is 1. The highest BCUT2D eigenvalue weighted by Gasteiger charge is 2.23. The van der Waals surface area contributed by atoms with Gasteiger partial charge in [0, 0.05) is 0 Å². The maximum Gasteiger partial charge on any atom is 0.341 e. The summed E-state index contributed by atoms with van der Waals surface area (Å²) in [5.74, 6) is 1.06. The lowest BCUT2D eigenvalue weighted by molar-refractivity contribution is 0.526. The van der Waals surface area contributed by atoms with E-state index < -0.39 is 6.00 Å². The van der Waals surface area contributed by atoms with Gasteiger partial charge in [0.1, 0.15) is 0 Å². The molecule has 0 aliphatic heterocycles. The molecule has 0 bridgehead atoms. The Labute approximate surface area is 178 Å². The predicted molar refractivity (Wildman–Crippen MR) is 125 cm³/mol. The van der Waals surface area contributed by atoms with E-state index in [0.29, 0.717) is 0 Å². The molecule has 152 valence electrons. The fourth-order valence-corrected chi connectivity index (χ4v) is 5.34. The number of unbranched alkanes of at least 4 members (excludes halogenated alkanes) is 17. The van der Waals surface area contributed by atoms with Gasteiger partial charge in [-0.05, 0) is 18.2 Å². The summed E-state index contributed by atoms with van der Waals surface area (Å²) in [5.41, 5.74) is 0. The molecule has 0 rings (SSSR count). The molecule has 0 amide bonds. The van der Waals surface area contributed by atoms with Gasteiger partial charge in [-0.2, -0.15) is 12.6 Å². The first-order valence-electron chi connectivity index (χ1n) is 10.7. The smallest absolute Gasteiger partial charge is 0.179 e. The number of hydrogen-bond donors (Lipinski definition) is 1. The molecule has 0 aromatic heterocycles. The molecule has 25 heavy (non-hydrogen) atoms. The lowest BCUT2D eigenvalue weighted by Gasteiger charge is -2.07. The van der Waals surface area contributed by atoms with Crippen LogP contribution in [0.2, 0.25) is 6.04 Å². The van der Waals surface area contributed by atoms with E-state index in [1.807, 2.05) is 0 Å². The van der Waals surface area contributed by atoms with E-state index in [9.17, 15) is 0 Å². The van der Waals surface area contributed by atoms with Crippen molar-refractivity contribution < 1.29 is 0 Å². The molecule has 5 heteroatoms. The third-order valence-electron chi connectivity index (χ3n) is 4.87. The Bertz CT molecular complexity index is 260. The summed E-state index contributed by atoms with van der Waals surface area (Å²) in [4.78, 5) is 0. The molecule has 0 aliphatic carbocycles. The molecular weight excluding hydrogens is 407 g/mol. The Morgan fingerprint density at radius 3 is 0.880 bits per heavy atom. The van der Waals surface area contributed by atoms with Crippen LogP contribution in [0.4, 0.5) is 0 Å². The van der Waals surface area contributed by atoms with E-state index in [-0.39, 0.29) is 0 Å². The quantitative estimate of drug-likeness (QED) is 0.0816. The van der Waals surface area contributed by atoms with Gasteiger partial charge < -0.3 is 0 Å². The van der Waals surface area contributed by atoms with Crippen LogP contribution in [0.15, 0.2) is 0 Å². The first-order chi connectivity index (χ1) is 12.1. The fourth-order valence-electron chi connectivity index (χ4n) is 3.27. The van der Waals surface area contributed by atoms with Crippen molar-refractivity contribution in [2.24, 2.45) is 0 Å². The maximum atomic E-state index is 5.88. The van der Waals surface area contributed by atoms with Crippen molar-refractivity contribution in [2.45, 2.75) is 122 Å². The minimum absolute atomic E-state index is 0.827. The van der Waals surface area contributed by atoms with Crippen molar-refractivity contribution in [3.63, 3.8) is 0 Å². The van der Waals surface area contributed by atoms with Crippen molar-refractivity contribution in [1.29, 1.82) is 0 Å². The largest absolute Gasteiger partial charge is 0.341 e. The fraction of sp³-hybridized carbons (Fsp3) is 1.00. The summed E-state index contributed by atoms with van der Waals surface area (Å²) in [5, 5.41) is 0. The summed E-state index contributed by atoms with van der Waals surface area (Å²) >= 11 is 21.9. The highest BCUT2D eigenvalue weighted by Crippen LogP contribution is 2.27. The van der Waals surface area contributed by atoms with Crippen LogP contribution in [0.5, 0.6) is 0 Å². The Balaban J connectivity index is 3.01. The molecule has 0 fully saturated rings. The van der Waals surface area contributed by atoms with Crippen molar-refractivity contribution >= 4 is 51.9 Å². The van der Waals surface area contributed by atoms with Gasteiger partial charge in [-0.15, -0.1) is 33.2 Å². The van der Waals surface area contributed by atoms with Gasteiger partial charge in [0.2, 0.25) is 0 Å². The highest BCUT2D eigenvalue weighted by atomic mass is 35.8. The number of hydrogen-bond acceptors (Lipinski definition) is 1. The van der Waals surface area contributed by atoms with E-state index in [1.54, 1.807) is 0 Å². The van der Waals surface area contributed by atoms with Gasteiger partial charge in [-0.25, -0.2) is 0 Å². The van der Waals surface area contributed by atoms with Crippen LogP contribution in [-0.2, 0) is 0 Å². The minimum atomic E-state index is -2.36. The standard InChI is InChI=1S/C20H41Cl3SSi/c21-25(22,23)20-18-16-14-12-10-8-6-4-2-1-3-5-7-9-11-13-15-17-19-24/h24H,1-20H2. The van der Waals surface area contributed by atoms with Crippen LogP contribution in [0.3, 0.4) is 0 Å². The molecule has 0 N–H and O–H groups in total. The van der Waals surface area contributed by atoms with Crippen molar-refractivity contribution in [1.82, 2.24) is 0 Å². The Hall–Kier alpha value is 1.44. The van der Waals surface area contributed by atoms with Crippen LogP contribution in [0.1, 0.15) is 116 Å². The molecular formula is C20H41Cl3SSi. The zero-order chi connectivity index (χ0) is 18.6. The summed E-state index contributed by atoms with van der Waals surface area (Å²) in [6.07, 6.45) is 24.8. The molecule has 0 radical (unpaired) electrons. The van der Waals surface area contributed by atoms with Gasteiger partial charge in [-0.1, -0.05) is 109 Å². The number of halogens is 3. The first-order valence-corrected chi connectivity index (χ1v) is 16.6. The summed E-state index contributed by atoms with van der Waals surface area (Å²) in [7, 11) is 0. The van der Waals surface area contributed by atoms with Crippen LogP contribution < -0.4 is 0 Å². The summed E-state index contributed by atoms with van der Waals surface area (Å²) < 4.78 is 0. The van der Waals surface area contributed by atoms with Crippen LogP contribution >= 0.6 is 45.9 Å². The third-order valence-corrected chi connectivity index (χ3v) is 7.81. The molecule has 0 unspecified atom stereocenters. The molecule has 0 atom stereocenters. The number of rotatable bonds is 20. The topological polar surface area (TPSA) is 0 Å². The SMILES string of the molecule is SCCCCCCCCCCCCCCCCCCCC[Si](Cl)(Cl)Cl. The van der Waals surface area contributed by atoms with Gasteiger partial charge >= 0.3 is 6.00 Å². The zero-order valence-electron chi connectivity index (χ0n) is 16.2. The molecule has 0 heterocycles. The van der Waals surface area contributed by atoms with Gasteiger partial charge in [0.15, 0.2) is 0 Å². The Morgan fingerprint density at radius 2 is 0.640 bits per heavy atom. The lowest BCUT2D eigenvalue weighted by Crippen LogP contribution is -2.07. The monoisotopic (exact) mass is 446 g/mol. The average Bonchev–Trinajstić information content (AvgIpc) is 2.56.